The Kier molecular flexibility index (Phi) is 7.46. The van der Waals surface area contributed by atoms with Gasteiger partial charge >= 0.3 is 33.0 Å². The quantitative estimate of drug-likeness (QED) is 0.107. The van der Waals surface area contributed by atoms with Crippen molar-refractivity contribution in [2.75, 3.05) is 0 Å². The minimum atomic E-state index is -10.7. The molecule has 4 aromatic rings. The van der Waals surface area contributed by atoms with Crippen LogP contribution in [0.1, 0.15) is 5.56 Å². The normalized spacial score (nSPS) is 13.3. The molecule has 0 heterocycles. The molecule has 4 aromatic carbocycles. The molecule has 0 saturated heterocycles. The van der Waals surface area contributed by atoms with Crippen molar-refractivity contribution < 1.29 is 25.2 Å². The van der Waals surface area contributed by atoms with Crippen LogP contribution in [0.15, 0.2) is 123 Å². The van der Waals surface area contributed by atoms with Crippen LogP contribution in [0.25, 0.3) is 11.1 Å². The van der Waals surface area contributed by atoms with Crippen LogP contribution in [0.3, 0.4) is 0 Å². The monoisotopic (exact) mass is 530 g/mol. The summed E-state index contributed by atoms with van der Waals surface area (Å²) in [6.07, 6.45) is 0. The zero-order valence-electron chi connectivity index (χ0n) is 17.9. The molecule has 0 N–H and O–H groups in total. The van der Waals surface area contributed by atoms with Gasteiger partial charge in [0.2, 0.25) is 0 Å². The van der Waals surface area contributed by atoms with Gasteiger partial charge in [-0.2, -0.15) is 0 Å². The van der Waals surface area contributed by atoms with E-state index >= 15 is 0 Å². The standard InChI is InChI=1S/C25H20S2.F6P/c1-19-18-21(14-17-25(19)27-23-10-6-3-7-11-23)20-12-15-24(16-13-20)26-22-8-4-2-5-9-22;1-7(2,3,4,5)6/h2-18H,1H3;/q;-1/p+1. The SMILES string of the molecule is Cc1cc(-c2ccc(Sc3ccccc3)cc2)ccc1[SH+]c1ccccc1.F[P-](F)(F)(F)(F)F. The van der Waals surface area contributed by atoms with E-state index in [9.17, 15) is 25.2 Å². The van der Waals surface area contributed by atoms with Gasteiger partial charge in [-0.25, -0.2) is 0 Å². The molecule has 0 aliphatic rings. The summed E-state index contributed by atoms with van der Waals surface area (Å²) >= 11 is 3.06. The molecule has 4 rings (SSSR count). The van der Waals surface area contributed by atoms with Crippen molar-refractivity contribution in [1.29, 1.82) is 0 Å². The zero-order valence-corrected chi connectivity index (χ0v) is 20.5. The molecule has 9 heteroatoms. The number of aryl methyl sites for hydroxylation is 1. The molecule has 0 radical (unpaired) electrons. The predicted octanol–water partition coefficient (Wildman–Crippen LogP) is 10.4. The second-order valence-corrected chi connectivity index (χ2v) is 11.6. The van der Waals surface area contributed by atoms with Gasteiger partial charge in [0.15, 0.2) is 9.79 Å². The summed E-state index contributed by atoms with van der Waals surface area (Å²) in [5, 5.41) is 0. The van der Waals surface area contributed by atoms with Gasteiger partial charge in [-0.15, -0.1) is 0 Å². The van der Waals surface area contributed by atoms with Crippen molar-refractivity contribution in [3.05, 3.63) is 109 Å². The van der Waals surface area contributed by atoms with Crippen LogP contribution in [0, 0.1) is 6.92 Å². The van der Waals surface area contributed by atoms with Gasteiger partial charge in [0.1, 0.15) is 0 Å². The van der Waals surface area contributed by atoms with Gasteiger partial charge in [-0.3, -0.25) is 0 Å². The molecule has 0 aliphatic heterocycles. The van der Waals surface area contributed by atoms with E-state index in [4.69, 9.17) is 0 Å². The van der Waals surface area contributed by atoms with Crippen molar-refractivity contribution in [2.45, 2.75) is 26.5 Å². The molecular formula is C25H21F6PS2. The summed E-state index contributed by atoms with van der Waals surface area (Å²) < 4.78 is 59.2. The molecule has 0 saturated carbocycles. The number of benzene rings is 4. The number of thiol groups is 1. The number of halogens is 6. The molecule has 0 bridgehead atoms. The third-order valence-electron chi connectivity index (χ3n) is 4.37. The second kappa shape index (κ2) is 9.68. The molecule has 0 amide bonds. The Morgan fingerprint density at radius 1 is 0.588 bits per heavy atom. The van der Waals surface area contributed by atoms with Gasteiger partial charge < -0.3 is 0 Å². The average molecular weight is 531 g/mol. The first-order valence-corrected chi connectivity index (χ1v) is 13.7. The molecular weight excluding hydrogens is 509 g/mol. The fourth-order valence-electron chi connectivity index (χ4n) is 2.94. The third kappa shape index (κ3) is 10.2. The summed E-state index contributed by atoms with van der Waals surface area (Å²) in [4.78, 5) is 5.23. The van der Waals surface area contributed by atoms with Crippen LogP contribution in [-0.4, -0.2) is 0 Å². The maximum atomic E-state index is 9.87. The van der Waals surface area contributed by atoms with E-state index in [0.29, 0.717) is 0 Å². The van der Waals surface area contributed by atoms with Crippen molar-refractivity contribution in [3.63, 3.8) is 0 Å². The van der Waals surface area contributed by atoms with Crippen LogP contribution in [0.4, 0.5) is 25.2 Å². The average Bonchev–Trinajstić information content (AvgIpc) is 2.75. The van der Waals surface area contributed by atoms with E-state index in [-0.39, 0.29) is 0 Å². The molecule has 0 spiro atoms. The van der Waals surface area contributed by atoms with E-state index in [1.165, 1.54) is 48.0 Å². The second-order valence-electron chi connectivity index (χ2n) is 7.35. The Morgan fingerprint density at radius 3 is 1.59 bits per heavy atom. The third-order valence-corrected chi connectivity index (χ3v) is 6.68. The molecule has 0 aliphatic carbocycles. The van der Waals surface area contributed by atoms with E-state index in [2.05, 4.69) is 110 Å². The summed E-state index contributed by atoms with van der Waals surface area (Å²) in [6.45, 7) is 2.20. The van der Waals surface area contributed by atoms with Crippen molar-refractivity contribution in [1.82, 2.24) is 0 Å². The van der Waals surface area contributed by atoms with E-state index < -0.39 is 7.81 Å². The van der Waals surface area contributed by atoms with E-state index in [1.807, 2.05) is 0 Å². The first-order valence-electron chi connectivity index (χ1n) is 10.0. The molecule has 34 heavy (non-hydrogen) atoms. The molecule has 0 nitrogen and oxygen atoms in total. The maximum absolute atomic E-state index is 10.7. The van der Waals surface area contributed by atoms with Crippen LogP contribution in [0.5, 0.6) is 0 Å². The van der Waals surface area contributed by atoms with Gasteiger partial charge in [0, 0.05) is 27.1 Å². The van der Waals surface area contributed by atoms with E-state index in [0.717, 1.165) is 0 Å². The van der Waals surface area contributed by atoms with Crippen LogP contribution < -0.4 is 0 Å². The van der Waals surface area contributed by atoms with Crippen LogP contribution in [0.2, 0.25) is 0 Å². The minimum absolute atomic E-state index is 1.26. The summed E-state index contributed by atoms with van der Waals surface area (Å²) in [5.41, 5.74) is 3.87. The fourth-order valence-corrected chi connectivity index (χ4v) is 4.77. The number of rotatable bonds is 5. The molecule has 0 unspecified atom stereocenters. The van der Waals surface area contributed by atoms with Crippen LogP contribution >= 0.6 is 19.6 Å². The van der Waals surface area contributed by atoms with Gasteiger partial charge in [-0.05, 0) is 72.6 Å². The van der Waals surface area contributed by atoms with E-state index in [1.54, 1.807) is 11.8 Å². The summed E-state index contributed by atoms with van der Waals surface area (Å²) in [6, 6.07) is 36.8. The molecule has 0 fully saturated rings. The Bertz CT molecular complexity index is 1220. The predicted molar refractivity (Wildman–Crippen MR) is 132 cm³/mol. The number of hydrogen-bond acceptors (Lipinski definition) is 1. The van der Waals surface area contributed by atoms with Gasteiger partial charge in [-0.1, -0.05) is 60.3 Å². The van der Waals surface area contributed by atoms with Crippen molar-refractivity contribution in [3.8, 4) is 11.1 Å². The van der Waals surface area contributed by atoms with Gasteiger partial charge in [0.25, 0.3) is 0 Å². The Labute approximate surface area is 202 Å². The fraction of sp³-hybridized carbons (Fsp3) is 0.0400. The zero-order chi connectivity index (χ0) is 24.9. The topological polar surface area (TPSA) is 0 Å². The Hall–Kier alpha value is -2.41. The van der Waals surface area contributed by atoms with Crippen LogP contribution in [-0.2, 0) is 11.8 Å². The van der Waals surface area contributed by atoms with Crippen molar-refractivity contribution in [2.24, 2.45) is 0 Å². The molecule has 0 atom stereocenters. The summed E-state index contributed by atoms with van der Waals surface area (Å²) in [5.74, 6) is 0. The number of hydrogen-bond donors (Lipinski definition) is 0. The Morgan fingerprint density at radius 2 is 1.06 bits per heavy atom. The summed E-state index contributed by atoms with van der Waals surface area (Å²) in [7, 11) is -10.7. The molecule has 0 aromatic heterocycles. The Balaban J connectivity index is 0.000000406. The first-order chi connectivity index (χ1) is 15.7. The van der Waals surface area contributed by atoms with Gasteiger partial charge in [0.05, 0.1) is 0 Å². The molecule has 180 valence electrons. The first kappa shape index (κ1) is 26.2. The van der Waals surface area contributed by atoms with Crippen molar-refractivity contribution >= 4 is 31.3 Å².